The van der Waals surface area contributed by atoms with Gasteiger partial charge in [-0.15, -0.1) is 0 Å². The summed E-state index contributed by atoms with van der Waals surface area (Å²) >= 11 is 0. The molecule has 5 rings (SSSR count). The summed E-state index contributed by atoms with van der Waals surface area (Å²) in [4.78, 5) is 13.6. The summed E-state index contributed by atoms with van der Waals surface area (Å²) in [5.74, 6) is -1.72. The van der Waals surface area contributed by atoms with E-state index >= 15 is 0 Å². The monoisotopic (exact) mass is 537 g/mol. The lowest BCUT2D eigenvalue weighted by atomic mass is 9.78. The SMILES string of the molecule is CC1(C)O[C@@H]2C[C@@](OCc3cccc(C(F)(F)F)c3)(C(=O)NC3CC3)CC(OCc3ccccc3F)[C@@H]2O1. The number of fused-ring (bicyclic) bond motifs is 1. The van der Waals surface area contributed by atoms with Gasteiger partial charge in [-0.2, -0.15) is 13.2 Å². The first-order valence-corrected chi connectivity index (χ1v) is 12.8. The average Bonchev–Trinajstić information content (AvgIpc) is 3.61. The zero-order valence-corrected chi connectivity index (χ0v) is 21.2. The lowest BCUT2D eigenvalue weighted by molar-refractivity contribution is -0.183. The summed E-state index contributed by atoms with van der Waals surface area (Å²) in [6, 6.07) is 11.1. The number of carbonyl (C=O) groups is 1. The summed E-state index contributed by atoms with van der Waals surface area (Å²) < 4.78 is 78.7. The molecule has 206 valence electrons. The molecule has 3 aliphatic rings. The molecule has 1 unspecified atom stereocenters. The second kappa shape index (κ2) is 10.2. The van der Waals surface area contributed by atoms with Gasteiger partial charge in [-0.1, -0.05) is 30.3 Å². The van der Waals surface area contributed by atoms with Gasteiger partial charge < -0.3 is 24.3 Å². The van der Waals surface area contributed by atoms with Crippen LogP contribution < -0.4 is 5.32 Å². The first-order valence-electron chi connectivity index (χ1n) is 12.8. The summed E-state index contributed by atoms with van der Waals surface area (Å²) in [6.07, 6.45) is -4.39. The molecular formula is C28H31F4NO5. The molecule has 6 nitrogen and oxygen atoms in total. The van der Waals surface area contributed by atoms with Gasteiger partial charge >= 0.3 is 6.18 Å². The third-order valence-corrected chi connectivity index (χ3v) is 7.16. The van der Waals surface area contributed by atoms with Gasteiger partial charge in [0.2, 0.25) is 0 Å². The van der Waals surface area contributed by atoms with Crippen LogP contribution in [0, 0.1) is 5.82 Å². The van der Waals surface area contributed by atoms with Gasteiger partial charge in [0.05, 0.1) is 31.0 Å². The largest absolute Gasteiger partial charge is 0.416 e. The Kier molecular flexibility index (Phi) is 7.28. The Morgan fingerprint density at radius 2 is 1.82 bits per heavy atom. The van der Waals surface area contributed by atoms with Crippen molar-refractivity contribution in [3.8, 4) is 0 Å². The Morgan fingerprint density at radius 1 is 1.05 bits per heavy atom. The van der Waals surface area contributed by atoms with Gasteiger partial charge in [0, 0.05) is 24.4 Å². The Hall–Kier alpha value is -2.53. The van der Waals surface area contributed by atoms with Crippen molar-refractivity contribution in [2.75, 3.05) is 0 Å². The molecule has 0 radical (unpaired) electrons. The number of alkyl halides is 3. The Bertz CT molecular complexity index is 1170. The van der Waals surface area contributed by atoms with Gasteiger partial charge in [-0.25, -0.2) is 4.39 Å². The molecule has 10 heteroatoms. The van der Waals surface area contributed by atoms with E-state index in [1.807, 2.05) is 0 Å². The van der Waals surface area contributed by atoms with Crippen LogP contribution in [0.25, 0.3) is 0 Å². The molecule has 2 saturated carbocycles. The number of hydrogen-bond acceptors (Lipinski definition) is 5. The molecule has 0 aromatic heterocycles. The van der Waals surface area contributed by atoms with Gasteiger partial charge in [0.15, 0.2) is 11.4 Å². The van der Waals surface area contributed by atoms with Crippen molar-refractivity contribution < 1.29 is 41.3 Å². The number of nitrogens with one attached hydrogen (secondary N) is 1. The Balaban J connectivity index is 1.41. The maximum Gasteiger partial charge on any atom is 0.416 e. The van der Waals surface area contributed by atoms with Gasteiger partial charge in [-0.05, 0) is 50.5 Å². The highest BCUT2D eigenvalue weighted by Gasteiger charge is 2.58. The summed E-state index contributed by atoms with van der Waals surface area (Å²) in [5.41, 5.74) is -1.60. The van der Waals surface area contributed by atoms with E-state index in [-0.39, 0.29) is 43.6 Å². The number of ether oxygens (including phenoxy) is 4. The molecule has 4 atom stereocenters. The maximum atomic E-state index is 14.3. The average molecular weight is 538 g/mol. The normalized spacial score (nSPS) is 28.6. The third kappa shape index (κ3) is 6.03. The predicted molar refractivity (Wildman–Crippen MR) is 128 cm³/mol. The smallest absolute Gasteiger partial charge is 0.370 e. The van der Waals surface area contributed by atoms with Crippen molar-refractivity contribution in [2.45, 2.75) is 94.7 Å². The second-order valence-corrected chi connectivity index (χ2v) is 10.7. The molecule has 1 aliphatic heterocycles. The fourth-order valence-electron chi connectivity index (χ4n) is 5.12. The van der Waals surface area contributed by atoms with Crippen LogP contribution in [-0.2, 0) is 43.1 Å². The maximum absolute atomic E-state index is 14.3. The minimum absolute atomic E-state index is 0.0317. The van der Waals surface area contributed by atoms with E-state index in [4.69, 9.17) is 18.9 Å². The first-order chi connectivity index (χ1) is 17.9. The van der Waals surface area contributed by atoms with Crippen molar-refractivity contribution >= 4 is 5.91 Å². The number of amides is 1. The third-order valence-electron chi connectivity index (χ3n) is 7.16. The van der Waals surface area contributed by atoms with Crippen LogP contribution in [0.4, 0.5) is 17.6 Å². The van der Waals surface area contributed by atoms with E-state index < -0.39 is 47.3 Å². The van der Waals surface area contributed by atoms with E-state index in [1.165, 1.54) is 18.2 Å². The summed E-state index contributed by atoms with van der Waals surface area (Å²) in [6.45, 7) is 3.24. The first kappa shape index (κ1) is 27.1. The number of rotatable bonds is 8. The van der Waals surface area contributed by atoms with E-state index in [9.17, 15) is 22.4 Å². The topological polar surface area (TPSA) is 66.0 Å². The molecule has 1 saturated heterocycles. The van der Waals surface area contributed by atoms with Crippen LogP contribution >= 0.6 is 0 Å². The highest BCUT2D eigenvalue weighted by molar-refractivity contribution is 5.86. The van der Waals surface area contributed by atoms with Crippen molar-refractivity contribution in [3.63, 3.8) is 0 Å². The molecule has 1 heterocycles. The van der Waals surface area contributed by atoms with Crippen LogP contribution in [0.2, 0.25) is 0 Å². The Labute approximate surface area is 218 Å². The van der Waals surface area contributed by atoms with Crippen LogP contribution in [-0.4, -0.2) is 41.6 Å². The second-order valence-electron chi connectivity index (χ2n) is 10.7. The molecule has 2 aromatic carbocycles. The zero-order chi connectivity index (χ0) is 27.1. The standard InChI is InChI=1S/C28H31F4NO5/c1-26(2)37-23-14-27(25(34)33-20-10-11-20,36-15-17-6-5-8-19(12-17)28(30,31)32)13-22(24(23)38-26)35-16-18-7-3-4-9-21(18)29/h3-9,12,20,22-24H,10-11,13-16H2,1-2H3,(H,33,34)/t22?,23-,24+,27-/m1/s1. The fraction of sp³-hybridized carbons (Fsp3) is 0.536. The van der Waals surface area contributed by atoms with E-state index in [0.29, 0.717) is 5.56 Å². The van der Waals surface area contributed by atoms with Gasteiger partial charge in [-0.3, -0.25) is 4.79 Å². The van der Waals surface area contributed by atoms with Crippen molar-refractivity contribution in [1.82, 2.24) is 5.32 Å². The van der Waals surface area contributed by atoms with Crippen molar-refractivity contribution in [1.29, 1.82) is 0 Å². The number of carbonyl (C=O) groups excluding carboxylic acids is 1. The van der Waals surface area contributed by atoms with Gasteiger partial charge in [0.1, 0.15) is 11.9 Å². The highest BCUT2D eigenvalue weighted by atomic mass is 19.4. The lowest BCUT2D eigenvalue weighted by Gasteiger charge is -2.43. The van der Waals surface area contributed by atoms with Crippen molar-refractivity contribution in [3.05, 3.63) is 71.0 Å². The van der Waals surface area contributed by atoms with Gasteiger partial charge in [0.25, 0.3) is 5.91 Å². The zero-order valence-electron chi connectivity index (χ0n) is 21.2. The molecule has 0 spiro atoms. The minimum Gasteiger partial charge on any atom is -0.370 e. The van der Waals surface area contributed by atoms with E-state index in [0.717, 1.165) is 25.0 Å². The lowest BCUT2D eigenvalue weighted by Crippen LogP contribution is -2.60. The molecule has 2 aliphatic carbocycles. The minimum atomic E-state index is -4.50. The number of halogens is 4. The molecule has 1 amide bonds. The summed E-state index contributed by atoms with van der Waals surface area (Å²) in [5, 5.41) is 2.98. The molecule has 3 fully saturated rings. The molecule has 0 bridgehead atoms. The number of hydrogen-bond donors (Lipinski definition) is 1. The molecule has 2 aromatic rings. The van der Waals surface area contributed by atoms with Crippen LogP contribution in [0.3, 0.4) is 0 Å². The fourth-order valence-corrected chi connectivity index (χ4v) is 5.12. The predicted octanol–water partition coefficient (Wildman–Crippen LogP) is 5.28. The van der Waals surface area contributed by atoms with E-state index in [2.05, 4.69) is 5.32 Å². The van der Waals surface area contributed by atoms with Crippen LogP contribution in [0.5, 0.6) is 0 Å². The molecular weight excluding hydrogens is 506 g/mol. The molecule has 38 heavy (non-hydrogen) atoms. The number of benzene rings is 2. The van der Waals surface area contributed by atoms with Crippen LogP contribution in [0.1, 0.15) is 56.2 Å². The van der Waals surface area contributed by atoms with Crippen LogP contribution in [0.15, 0.2) is 48.5 Å². The molecule has 1 N–H and O–H groups in total. The quantitative estimate of drug-likeness (QED) is 0.465. The van der Waals surface area contributed by atoms with Crippen molar-refractivity contribution in [2.24, 2.45) is 0 Å². The van der Waals surface area contributed by atoms with E-state index in [1.54, 1.807) is 32.0 Å². The highest BCUT2D eigenvalue weighted by Crippen LogP contribution is 2.45. The Morgan fingerprint density at radius 3 is 2.53 bits per heavy atom. The summed E-state index contributed by atoms with van der Waals surface area (Å²) in [7, 11) is 0.